The van der Waals surface area contributed by atoms with Gasteiger partial charge in [-0.3, -0.25) is 0 Å². The van der Waals surface area contributed by atoms with E-state index in [1.807, 2.05) is 12.1 Å². The highest BCUT2D eigenvalue weighted by Gasteiger charge is 1.96. The van der Waals surface area contributed by atoms with Crippen LogP contribution in [0.2, 0.25) is 0 Å². The highest BCUT2D eigenvalue weighted by molar-refractivity contribution is 7.79. The maximum Gasteiger partial charge on any atom is 0.153 e. The minimum absolute atomic E-state index is 0.325. The highest BCUT2D eigenvalue weighted by atomic mass is 32.2. The highest BCUT2D eigenvalue weighted by Crippen LogP contribution is 2.05. The molecule has 0 amide bonds. The summed E-state index contributed by atoms with van der Waals surface area (Å²) in [5.41, 5.74) is 2.42. The van der Waals surface area contributed by atoms with Crippen LogP contribution in [-0.2, 0) is 23.9 Å². The average molecular weight is 198 g/mol. The van der Waals surface area contributed by atoms with Gasteiger partial charge in [-0.25, -0.2) is 4.21 Å². The second-order valence-electron chi connectivity index (χ2n) is 2.95. The summed E-state index contributed by atoms with van der Waals surface area (Å²) in [6, 6.07) is 8.17. The van der Waals surface area contributed by atoms with Gasteiger partial charge in [-0.05, 0) is 24.0 Å². The van der Waals surface area contributed by atoms with E-state index in [9.17, 15) is 4.21 Å². The molecule has 2 nitrogen and oxygen atoms in total. The molecule has 0 aliphatic rings. The lowest BCUT2D eigenvalue weighted by molar-refractivity contribution is 0.563. The molecule has 3 heteroatoms. The van der Waals surface area contributed by atoms with Crippen molar-refractivity contribution in [3.8, 4) is 0 Å². The molecule has 0 spiro atoms. The van der Waals surface area contributed by atoms with Crippen molar-refractivity contribution in [1.29, 1.82) is 0 Å². The van der Waals surface area contributed by atoms with Gasteiger partial charge >= 0.3 is 0 Å². The molecule has 13 heavy (non-hydrogen) atoms. The van der Waals surface area contributed by atoms with Crippen molar-refractivity contribution in [2.75, 3.05) is 5.75 Å². The zero-order chi connectivity index (χ0) is 9.68. The van der Waals surface area contributed by atoms with Crippen molar-refractivity contribution in [3.05, 3.63) is 35.4 Å². The van der Waals surface area contributed by atoms with E-state index in [0.717, 1.165) is 12.0 Å². The molecule has 0 heterocycles. The van der Waals surface area contributed by atoms with Crippen LogP contribution < -0.4 is 0 Å². The van der Waals surface area contributed by atoms with Gasteiger partial charge in [0.15, 0.2) is 11.1 Å². The molecule has 1 aromatic rings. The summed E-state index contributed by atoms with van der Waals surface area (Å²) in [7, 11) is 0. The van der Waals surface area contributed by atoms with Gasteiger partial charge in [-0.15, -0.1) is 0 Å². The molecule has 72 valence electrons. The molecule has 0 radical (unpaired) electrons. The topological polar surface area (TPSA) is 37.3 Å². The van der Waals surface area contributed by atoms with Crippen LogP contribution in [0.15, 0.2) is 24.3 Å². The fourth-order valence-corrected chi connectivity index (χ4v) is 1.56. The number of benzene rings is 1. The van der Waals surface area contributed by atoms with Gasteiger partial charge in [0.05, 0.1) is 5.75 Å². The predicted octanol–water partition coefficient (Wildman–Crippen LogP) is 2.01. The Morgan fingerprint density at radius 1 is 1.23 bits per heavy atom. The summed E-state index contributed by atoms with van der Waals surface area (Å²) in [4.78, 5) is 0. The Labute approximate surface area is 81.3 Å². The third-order valence-electron chi connectivity index (χ3n) is 2.00. The lowest BCUT2D eigenvalue weighted by Gasteiger charge is -2.00. The van der Waals surface area contributed by atoms with Gasteiger partial charge in [0, 0.05) is 0 Å². The van der Waals surface area contributed by atoms with Crippen LogP contribution in [0.3, 0.4) is 0 Å². The first kappa shape index (κ1) is 10.4. The molecule has 1 N–H and O–H groups in total. The van der Waals surface area contributed by atoms with Crippen LogP contribution >= 0.6 is 0 Å². The van der Waals surface area contributed by atoms with E-state index in [4.69, 9.17) is 4.55 Å². The second kappa shape index (κ2) is 5.14. The third-order valence-corrected chi connectivity index (χ3v) is 2.55. The lowest BCUT2D eigenvalue weighted by Crippen LogP contribution is -1.98. The van der Waals surface area contributed by atoms with Gasteiger partial charge < -0.3 is 4.55 Å². The molecule has 0 fully saturated rings. The van der Waals surface area contributed by atoms with Crippen LogP contribution in [0.4, 0.5) is 0 Å². The molecule has 1 rings (SSSR count). The molecule has 0 aromatic heterocycles. The number of aryl methyl sites for hydroxylation is 2. The van der Waals surface area contributed by atoms with Gasteiger partial charge in [-0.2, -0.15) is 0 Å². The van der Waals surface area contributed by atoms with Crippen molar-refractivity contribution in [1.82, 2.24) is 0 Å². The first-order chi connectivity index (χ1) is 6.22. The van der Waals surface area contributed by atoms with E-state index >= 15 is 0 Å². The lowest BCUT2D eigenvalue weighted by atomic mass is 10.1. The van der Waals surface area contributed by atoms with Crippen molar-refractivity contribution in [2.24, 2.45) is 0 Å². The van der Waals surface area contributed by atoms with E-state index in [0.29, 0.717) is 12.2 Å². The molecule has 0 aliphatic carbocycles. The summed E-state index contributed by atoms with van der Waals surface area (Å²) >= 11 is -1.67. The quantitative estimate of drug-likeness (QED) is 0.751. The molecule has 0 saturated carbocycles. The second-order valence-corrected chi connectivity index (χ2v) is 4.00. The molecule has 0 saturated heterocycles. The number of hydrogen-bond acceptors (Lipinski definition) is 1. The fourth-order valence-electron chi connectivity index (χ4n) is 1.15. The fraction of sp³-hybridized carbons (Fsp3) is 0.400. The Bertz CT molecular complexity index is 279. The zero-order valence-corrected chi connectivity index (χ0v) is 8.51. The first-order valence-corrected chi connectivity index (χ1v) is 5.65. The SMILES string of the molecule is CCc1ccc(CCS(=O)O)cc1. The summed E-state index contributed by atoms with van der Waals surface area (Å²) in [5, 5.41) is 0. The standard InChI is InChI=1S/C10H14O2S/c1-2-9-3-5-10(6-4-9)7-8-13(11)12/h3-6H,2,7-8H2,1H3,(H,11,12). The smallest absolute Gasteiger partial charge is 0.153 e. The summed E-state index contributed by atoms with van der Waals surface area (Å²) in [6.07, 6.45) is 1.71. The predicted molar refractivity (Wildman–Crippen MR) is 55.2 cm³/mol. The van der Waals surface area contributed by atoms with E-state index < -0.39 is 11.1 Å². The van der Waals surface area contributed by atoms with E-state index in [2.05, 4.69) is 19.1 Å². The van der Waals surface area contributed by atoms with Crippen LogP contribution in [0.25, 0.3) is 0 Å². The van der Waals surface area contributed by atoms with E-state index in [-0.39, 0.29) is 0 Å². The maximum absolute atomic E-state index is 10.4. The molecule has 1 atom stereocenters. The average Bonchev–Trinajstić information content (AvgIpc) is 2.15. The van der Waals surface area contributed by atoms with Crippen LogP contribution in [-0.4, -0.2) is 14.5 Å². The first-order valence-electron chi connectivity index (χ1n) is 4.37. The van der Waals surface area contributed by atoms with Crippen LogP contribution in [0.5, 0.6) is 0 Å². The summed E-state index contributed by atoms with van der Waals surface area (Å²) in [6.45, 7) is 2.11. The molecule has 0 bridgehead atoms. The molecule has 0 aliphatic heterocycles. The van der Waals surface area contributed by atoms with Crippen molar-refractivity contribution < 1.29 is 8.76 Å². The minimum atomic E-state index is -1.67. The molecule has 1 aromatic carbocycles. The van der Waals surface area contributed by atoms with Crippen LogP contribution in [0.1, 0.15) is 18.1 Å². The van der Waals surface area contributed by atoms with Crippen molar-refractivity contribution >= 4 is 11.1 Å². The maximum atomic E-state index is 10.4. The summed E-state index contributed by atoms with van der Waals surface area (Å²) in [5.74, 6) is 0.325. The molecule has 1 unspecified atom stereocenters. The van der Waals surface area contributed by atoms with Gasteiger partial charge in [0.1, 0.15) is 0 Å². The summed E-state index contributed by atoms with van der Waals surface area (Å²) < 4.78 is 19.0. The minimum Gasteiger partial charge on any atom is -0.306 e. The normalized spacial score (nSPS) is 12.8. The van der Waals surface area contributed by atoms with Crippen LogP contribution in [0, 0.1) is 0 Å². The molecular weight excluding hydrogens is 184 g/mol. The Morgan fingerprint density at radius 3 is 2.23 bits per heavy atom. The van der Waals surface area contributed by atoms with E-state index in [1.54, 1.807) is 0 Å². The van der Waals surface area contributed by atoms with Gasteiger partial charge in [-0.1, -0.05) is 31.2 Å². The van der Waals surface area contributed by atoms with Crippen molar-refractivity contribution in [3.63, 3.8) is 0 Å². The Morgan fingerprint density at radius 2 is 1.77 bits per heavy atom. The monoisotopic (exact) mass is 198 g/mol. The van der Waals surface area contributed by atoms with Crippen molar-refractivity contribution in [2.45, 2.75) is 19.8 Å². The number of rotatable bonds is 4. The molecular formula is C10H14O2S. The largest absolute Gasteiger partial charge is 0.306 e. The zero-order valence-electron chi connectivity index (χ0n) is 7.69. The Kier molecular flexibility index (Phi) is 4.12. The number of hydrogen-bond donors (Lipinski definition) is 1. The third kappa shape index (κ3) is 3.70. The van der Waals surface area contributed by atoms with Gasteiger partial charge in [0.2, 0.25) is 0 Å². The van der Waals surface area contributed by atoms with E-state index in [1.165, 1.54) is 5.56 Å². The van der Waals surface area contributed by atoms with Gasteiger partial charge in [0.25, 0.3) is 0 Å². The Hall–Kier alpha value is -0.670. The Balaban J connectivity index is 2.54.